The van der Waals surface area contributed by atoms with Crippen molar-refractivity contribution in [1.82, 2.24) is 20.0 Å². The third-order valence-corrected chi connectivity index (χ3v) is 7.36. The van der Waals surface area contributed by atoms with Crippen LogP contribution in [0, 0.1) is 25.2 Å². The van der Waals surface area contributed by atoms with Gasteiger partial charge in [-0.3, -0.25) is 19.6 Å². The molecule has 0 radical (unpaired) electrons. The number of nitrogens with one attached hydrogen (secondary N) is 1. The minimum Gasteiger partial charge on any atom is -0.466 e. The maximum absolute atomic E-state index is 13.3. The van der Waals surface area contributed by atoms with Gasteiger partial charge in [-0.1, -0.05) is 0 Å². The molecule has 0 aromatic carbocycles. The smallest absolute Gasteiger partial charge is 0.314 e. The number of carbonyl (C=O) groups is 2. The Kier molecular flexibility index (Phi) is 6.16. The fourth-order valence-corrected chi connectivity index (χ4v) is 5.71. The highest BCUT2D eigenvalue weighted by Crippen LogP contribution is 2.48. The van der Waals surface area contributed by atoms with Crippen molar-refractivity contribution in [3.8, 4) is 0 Å². The Bertz CT molecular complexity index is 769. The van der Waals surface area contributed by atoms with Crippen LogP contribution in [0.5, 0.6) is 0 Å². The molecule has 1 aromatic heterocycles. The quantitative estimate of drug-likeness (QED) is 0.752. The number of hydrogen-bond donors (Lipinski definition) is 1. The number of ether oxygens (including phenoxy) is 2. The number of H-pyrrole nitrogens is 1. The van der Waals surface area contributed by atoms with Gasteiger partial charge in [0, 0.05) is 37.9 Å². The molecule has 1 N–H and O–H groups in total. The molecule has 1 aliphatic carbocycles. The van der Waals surface area contributed by atoms with Gasteiger partial charge >= 0.3 is 5.97 Å². The summed E-state index contributed by atoms with van der Waals surface area (Å²) in [4.78, 5) is 30.9. The molecule has 0 bridgehead atoms. The first-order chi connectivity index (χ1) is 14.5. The molecule has 2 aliphatic heterocycles. The topological polar surface area (TPSA) is 87.8 Å². The van der Waals surface area contributed by atoms with Gasteiger partial charge in [-0.05, 0) is 52.4 Å². The molecular weight excluding hydrogens is 384 g/mol. The van der Waals surface area contributed by atoms with E-state index in [1.807, 2.05) is 25.7 Å². The molecule has 1 amide bonds. The molecule has 2 saturated heterocycles. The van der Waals surface area contributed by atoms with Crippen LogP contribution in [0.3, 0.4) is 0 Å². The van der Waals surface area contributed by atoms with Crippen LogP contribution in [-0.2, 0) is 14.3 Å². The predicted octanol–water partition coefficient (Wildman–Crippen LogP) is 1.92. The second-order valence-corrected chi connectivity index (χ2v) is 8.97. The SMILES string of the molecule is CCOC(=O)[C@@]12CC[C@@H](N3CCOCC3)C[C@H]1CCN(C(=O)c1c(C)n[nH]c1C)C2. The number of aromatic amines is 1. The zero-order valence-electron chi connectivity index (χ0n) is 18.4. The van der Waals surface area contributed by atoms with E-state index in [0.717, 1.165) is 57.7 Å². The van der Waals surface area contributed by atoms with E-state index in [-0.39, 0.29) is 17.8 Å². The van der Waals surface area contributed by atoms with Crippen molar-refractivity contribution in [2.75, 3.05) is 46.0 Å². The maximum atomic E-state index is 13.3. The molecule has 0 unspecified atom stereocenters. The summed E-state index contributed by atoms with van der Waals surface area (Å²) in [7, 11) is 0. The molecule has 3 heterocycles. The van der Waals surface area contributed by atoms with Gasteiger partial charge in [0.25, 0.3) is 5.91 Å². The van der Waals surface area contributed by atoms with E-state index in [1.54, 1.807) is 0 Å². The highest BCUT2D eigenvalue weighted by atomic mass is 16.5. The normalized spacial score (nSPS) is 30.0. The number of likely N-dealkylation sites (tertiary alicyclic amines) is 1. The van der Waals surface area contributed by atoms with Gasteiger partial charge in [0.05, 0.1) is 36.5 Å². The largest absolute Gasteiger partial charge is 0.466 e. The molecule has 8 nitrogen and oxygen atoms in total. The summed E-state index contributed by atoms with van der Waals surface area (Å²) >= 11 is 0. The number of piperidine rings is 1. The average molecular weight is 419 g/mol. The highest BCUT2D eigenvalue weighted by molar-refractivity contribution is 5.97. The molecule has 166 valence electrons. The van der Waals surface area contributed by atoms with Gasteiger partial charge in [0.1, 0.15) is 0 Å². The van der Waals surface area contributed by atoms with E-state index in [0.29, 0.717) is 37.0 Å². The molecular formula is C22H34N4O4. The van der Waals surface area contributed by atoms with Crippen molar-refractivity contribution in [3.63, 3.8) is 0 Å². The zero-order valence-corrected chi connectivity index (χ0v) is 18.4. The number of hydrogen-bond acceptors (Lipinski definition) is 6. The summed E-state index contributed by atoms with van der Waals surface area (Å²) in [5.41, 5.74) is 1.52. The Morgan fingerprint density at radius 2 is 2.00 bits per heavy atom. The first kappa shape index (κ1) is 21.3. The molecule has 1 saturated carbocycles. The number of rotatable bonds is 4. The number of morpholine rings is 1. The predicted molar refractivity (Wildman–Crippen MR) is 111 cm³/mol. The zero-order chi connectivity index (χ0) is 21.3. The van der Waals surface area contributed by atoms with E-state index >= 15 is 0 Å². The third-order valence-electron chi connectivity index (χ3n) is 7.36. The van der Waals surface area contributed by atoms with Crippen molar-refractivity contribution in [2.45, 2.75) is 52.5 Å². The van der Waals surface area contributed by atoms with Crippen LogP contribution in [-0.4, -0.2) is 83.9 Å². The van der Waals surface area contributed by atoms with Crippen LogP contribution in [0.15, 0.2) is 0 Å². The lowest BCUT2D eigenvalue weighted by Crippen LogP contribution is -2.59. The first-order valence-corrected chi connectivity index (χ1v) is 11.3. The Labute approximate surface area is 178 Å². The van der Waals surface area contributed by atoms with E-state index < -0.39 is 5.41 Å². The van der Waals surface area contributed by atoms with Crippen LogP contribution < -0.4 is 0 Å². The van der Waals surface area contributed by atoms with Crippen molar-refractivity contribution in [1.29, 1.82) is 0 Å². The lowest BCUT2D eigenvalue weighted by molar-refractivity contribution is -0.168. The van der Waals surface area contributed by atoms with Gasteiger partial charge in [0.15, 0.2) is 0 Å². The lowest BCUT2D eigenvalue weighted by atomic mass is 9.61. The van der Waals surface area contributed by atoms with Gasteiger partial charge < -0.3 is 14.4 Å². The van der Waals surface area contributed by atoms with E-state index in [1.165, 1.54) is 0 Å². The monoisotopic (exact) mass is 418 g/mol. The summed E-state index contributed by atoms with van der Waals surface area (Å²) < 4.78 is 11.1. The molecule has 3 atom stereocenters. The molecule has 30 heavy (non-hydrogen) atoms. The van der Waals surface area contributed by atoms with Crippen molar-refractivity contribution in [3.05, 3.63) is 17.0 Å². The minimum atomic E-state index is -0.599. The highest BCUT2D eigenvalue weighted by Gasteiger charge is 2.54. The number of esters is 1. The summed E-state index contributed by atoms with van der Waals surface area (Å²) in [6.07, 6.45) is 3.55. The van der Waals surface area contributed by atoms with Gasteiger partial charge in [-0.2, -0.15) is 5.10 Å². The van der Waals surface area contributed by atoms with E-state index in [4.69, 9.17) is 9.47 Å². The van der Waals surface area contributed by atoms with Gasteiger partial charge in [-0.15, -0.1) is 0 Å². The van der Waals surface area contributed by atoms with Crippen LogP contribution in [0.1, 0.15) is 54.4 Å². The number of nitrogens with zero attached hydrogens (tertiary/aromatic N) is 3. The second-order valence-electron chi connectivity index (χ2n) is 8.97. The third kappa shape index (κ3) is 3.75. The maximum Gasteiger partial charge on any atom is 0.314 e. The van der Waals surface area contributed by atoms with E-state index in [2.05, 4.69) is 15.1 Å². The molecule has 3 aliphatic rings. The number of fused-ring (bicyclic) bond motifs is 1. The fourth-order valence-electron chi connectivity index (χ4n) is 5.71. The van der Waals surface area contributed by atoms with E-state index in [9.17, 15) is 9.59 Å². The molecule has 1 aromatic rings. The lowest BCUT2D eigenvalue weighted by Gasteiger charge is -2.52. The minimum absolute atomic E-state index is 0.0313. The summed E-state index contributed by atoms with van der Waals surface area (Å²) in [5, 5.41) is 7.08. The van der Waals surface area contributed by atoms with Crippen molar-refractivity contribution < 1.29 is 19.1 Å². The number of carbonyl (C=O) groups excluding carboxylic acids is 2. The summed E-state index contributed by atoms with van der Waals surface area (Å²) in [5.74, 6) is 0.0819. The molecule has 3 fully saturated rings. The number of aryl methyl sites for hydroxylation is 2. The van der Waals surface area contributed by atoms with Crippen LogP contribution >= 0.6 is 0 Å². The second kappa shape index (κ2) is 8.67. The Balaban J connectivity index is 1.55. The van der Waals surface area contributed by atoms with Gasteiger partial charge in [0.2, 0.25) is 0 Å². The molecule has 8 heteroatoms. The number of amides is 1. The van der Waals surface area contributed by atoms with Crippen LogP contribution in [0.2, 0.25) is 0 Å². The molecule has 0 spiro atoms. The average Bonchev–Trinajstić information content (AvgIpc) is 3.11. The number of aromatic nitrogens is 2. The Morgan fingerprint density at radius 1 is 1.23 bits per heavy atom. The standard InChI is InChI=1S/C22H34N4O4/c1-4-30-21(28)22-7-5-18(25-9-11-29-12-10-25)13-17(22)6-8-26(14-22)20(27)19-15(2)23-24-16(19)3/h17-18H,4-14H2,1-3H3,(H,23,24)/t17-,18-,22-/m1/s1. The fraction of sp³-hybridized carbons (Fsp3) is 0.773. The summed E-state index contributed by atoms with van der Waals surface area (Å²) in [6.45, 7) is 10.6. The van der Waals surface area contributed by atoms with Crippen LogP contribution in [0.25, 0.3) is 0 Å². The van der Waals surface area contributed by atoms with Gasteiger partial charge in [-0.25, -0.2) is 0 Å². The molecule has 4 rings (SSSR count). The Morgan fingerprint density at radius 3 is 2.67 bits per heavy atom. The van der Waals surface area contributed by atoms with Crippen molar-refractivity contribution >= 4 is 11.9 Å². The summed E-state index contributed by atoms with van der Waals surface area (Å²) in [6, 6.07) is 0.488. The van der Waals surface area contributed by atoms with Crippen LogP contribution in [0.4, 0.5) is 0 Å². The van der Waals surface area contributed by atoms with Crippen molar-refractivity contribution in [2.24, 2.45) is 11.3 Å². The Hall–Kier alpha value is -1.93. The first-order valence-electron chi connectivity index (χ1n) is 11.3.